The first kappa shape index (κ1) is 15.0. The predicted molar refractivity (Wildman–Crippen MR) is 84.3 cm³/mol. The molecule has 2 heterocycles. The molecule has 1 amide bonds. The fourth-order valence-electron chi connectivity index (χ4n) is 2.84. The number of aromatic nitrogens is 2. The van der Waals surface area contributed by atoms with E-state index in [1.807, 2.05) is 36.0 Å². The summed E-state index contributed by atoms with van der Waals surface area (Å²) in [7, 11) is -2.97. The second kappa shape index (κ2) is 5.72. The van der Waals surface area contributed by atoms with Gasteiger partial charge in [-0.1, -0.05) is 12.1 Å². The van der Waals surface area contributed by atoms with Crippen LogP contribution in [0.5, 0.6) is 0 Å². The molecule has 1 atom stereocenters. The number of carbonyl (C=O) groups excluding carboxylic acids is 1. The molecule has 2 aromatic rings. The van der Waals surface area contributed by atoms with E-state index in [2.05, 4.69) is 10.4 Å². The zero-order valence-electron chi connectivity index (χ0n) is 12.4. The van der Waals surface area contributed by atoms with E-state index in [0.717, 1.165) is 16.5 Å². The van der Waals surface area contributed by atoms with Crippen LogP contribution >= 0.6 is 0 Å². The molecular formula is C15H19N3O3S. The summed E-state index contributed by atoms with van der Waals surface area (Å²) in [5.74, 6) is 0.0994. The molecule has 0 bridgehead atoms. The van der Waals surface area contributed by atoms with Crippen molar-refractivity contribution in [1.29, 1.82) is 0 Å². The molecule has 0 saturated carbocycles. The minimum atomic E-state index is -2.97. The molecule has 1 aliphatic heterocycles. The summed E-state index contributed by atoms with van der Waals surface area (Å²) in [6.45, 7) is 2.51. The number of fused-ring (bicyclic) bond motifs is 1. The van der Waals surface area contributed by atoms with Crippen LogP contribution < -0.4 is 5.32 Å². The minimum absolute atomic E-state index is 0.0582. The lowest BCUT2D eigenvalue weighted by Crippen LogP contribution is -2.36. The summed E-state index contributed by atoms with van der Waals surface area (Å²) in [6.07, 6.45) is 2.62. The highest BCUT2D eigenvalue weighted by Gasteiger charge is 2.28. The number of nitrogens with zero attached hydrogens (tertiary/aromatic N) is 2. The molecule has 1 aromatic carbocycles. The number of benzene rings is 1. The first-order valence-electron chi connectivity index (χ1n) is 7.35. The van der Waals surface area contributed by atoms with E-state index in [1.54, 1.807) is 0 Å². The number of amides is 1. The first-order chi connectivity index (χ1) is 10.4. The maximum Gasteiger partial charge on any atom is 0.222 e. The number of sulfone groups is 1. The molecule has 6 nitrogen and oxygen atoms in total. The number of hydrogen-bond donors (Lipinski definition) is 1. The molecule has 1 saturated heterocycles. The molecule has 22 heavy (non-hydrogen) atoms. The van der Waals surface area contributed by atoms with Crippen LogP contribution in [0, 0.1) is 6.92 Å². The van der Waals surface area contributed by atoms with Crippen LogP contribution in [0.3, 0.4) is 0 Å². The molecule has 118 valence electrons. The minimum Gasteiger partial charge on any atom is -0.352 e. The lowest BCUT2D eigenvalue weighted by molar-refractivity contribution is -0.121. The van der Waals surface area contributed by atoms with Crippen molar-refractivity contribution in [2.45, 2.75) is 32.4 Å². The first-order valence-corrected chi connectivity index (χ1v) is 9.18. The summed E-state index contributed by atoms with van der Waals surface area (Å²) in [5, 5.41) is 8.21. The van der Waals surface area contributed by atoms with Gasteiger partial charge in [0.05, 0.1) is 29.8 Å². The van der Waals surface area contributed by atoms with Gasteiger partial charge in [-0.05, 0) is 25.0 Å². The van der Waals surface area contributed by atoms with Crippen molar-refractivity contribution in [2.24, 2.45) is 0 Å². The summed E-state index contributed by atoms with van der Waals surface area (Å²) in [4.78, 5) is 12.0. The van der Waals surface area contributed by atoms with Crippen LogP contribution in [0.25, 0.3) is 10.9 Å². The van der Waals surface area contributed by atoms with Crippen LogP contribution in [0.1, 0.15) is 18.4 Å². The Morgan fingerprint density at radius 3 is 3.00 bits per heavy atom. The molecule has 7 heteroatoms. The molecule has 0 unspecified atom stereocenters. The quantitative estimate of drug-likeness (QED) is 0.912. The van der Waals surface area contributed by atoms with E-state index in [9.17, 15) is 13.2 Å². The Bertz CT molecular complexity index is 811. The summed E-state index contributed by atoms with van der Waals surface area (Å²) >= 11 is 0. The van der Waals surface area contributed by atoms with E-state index in [0.29, 0.717) is 19.4 Å². The molecule has 0 aliphatic carbocycles. The summed E-state index contributed by atoms with van der Waals surface area (Å²) < 4.78 is 24.6. The average Bonchev–Trinajstić information content (AvgIpc) is 3.01. The number of carbonyl (C=O) groups is 1. The fraction of sp³-hybridized carbons (Fsp3) is 0.467. The summed E-state index contributed by atoms with van der Waals surface area (Å²) in [6, 6.07) is 5.74. The SMILES string of the molecule is Cc1cccc2c1cnn2CCC(=O)N[C@@H]1CCS(=O)(=O)C1. The van der Waals surface area contributed by atoms with Gasteiger partial charge in [-0.2, -0.15) is 5.10 Å². The van der Waals surface area contributed by atoms with Gasteiger partial charge in [0.1, 0.15) is 0 Å². The maximum atomic E-state index is 12.0. The zero-order chi connectivity index (χ0) is 15.7. The Morgan fingerprint density at radius 1 is 1.45 bits per heavy atom. The number of nitrogens with one attached hydrogen (secondary N) is 1. The van der Waals surface area contributed by atoms with E-state index < -0.39 is 9.84 Å². The van der Waals surface area contributed by atoms with E-state index in [-0.39, 0.29) is 23.5 Å². The van der Waals surface area contributed by atoms with Crippen molar-refractivity contribution < 1.29 is 13.2 Å². The second-order valence-electron chi connectivity index (χ2n) is 5.79. The van der Waals surface area contributed by atoms with Gasteiger partial charge in [-0.15, -0.1) is 0 Å². The Morgan fingerprint density at radius 2 is 2.27 bits per heavy atom. The van der Waals surface area contributed by atoms with Crippen molar-refractivity contribution in [3.8, 4) is 0 Å². The molecule has 1 aromatic heterocycles. The van der Waals surface area contributed by atoms with E-state index >= 15 is 0 Å². The number of aryl methyl sites for hydroxylation is 2. The molecule has 0 radical (unpaired) electrons. The Labute approximate surface area is 129 Å². The maximum absolute atomic E-state index is 12.0. The normalized spacial score (nSPS) is 20.3. The van der Waals surface area contributed by atoms with E-state index in [4.69, 9.17) is 0 Å². The lowest BCUT2D eigenvalue weighted by Gasteiger charge is -2.11. The molecule has 0 spiro atoms. The van der Waals surface area contributed by atoms with Crippen LogP contribution in [-0.2, 0) is 21.2 Å². The molecule has 1 N–H and O–H groups in total. The Hall–Kier alpha value is -1.89. The van der Waals surface area contributed by atoms with Gasteiger partial charge in [0.25, 0.3) is 0 Å². The molecule has 1 fully saturated rings. The Kier molecular flexibility index (Phi) is 3.90. The third-order valence-corrected chi connectivity index (χ3v) is 5.82. The third-order valence-electron chi connectivity index (χ3n) is 4.05. The van der Waals surface area contributed by atoms with Crippen LogP contribution in [-0.4, -0.2) is 41.7 Å². The predicted octanol–water partition coefficient (Wildman–Crippen LogP) is 1.04. The second-order valence-corrected chi connectivity index (χ2v) is 8.02. The van der Waals surface area contributed by atoms with Gasteiger partial charge in [0, 0.05) is 17.8 Å². The topological polar surface area (TPSA) is 81.1 Å². The van der Waals surface area contributed by atoms with Crippen LogP contribution in [0.2, 0.25) is 0 Å². The van der Waals surface area contributed by atoms with Gasteiger partial charge in [0.15, 0.2) is 9.84 Å². The van der Waals surface area contributed by atoms with Gasteiger partial charge in [-0.3, -0.25) is 9.48 Å². The van der Waals surface area contributed by atoms with Crippen molar-refractivity contribution in [3.05, 3.63) is 30.0 Å². The number of hydrogen-bond acceptors (Lipinski definition) is 4. The standard InChI is InChI=1S/C15H19N3O3S/c1-11-3-2-4-14-13(11)9-16-18(14)7-5-15(19)17-12-6-8-22(20,21)10-12/h2-4,9,12H,5-8,10H2,1H3,(H,17,19)/t12-/m1/s1. The van der Waals surface area contributed by atoms with Crippen LogP contribution in [0.4, 0.5) is 0 Å². The molecular weight excluding hydrogens is 302 g/mol. The largest absolute Gasteiger partial charge is 0.352 e. The average molecular weight is 321 g/mol. The smallest absolute Gasteiger partial charge is 0.222 e. The van der Waals surface area contributed by atoms with Gasteiger partial charge >= 0.3 is 0 Å². The number of rotatable bonds is 4. The highest BCUT2D eigenvalue weighted by Crippen LogP contribution is 2.18. The highest BCUT2D eigenvalue weighted by atomic mass is 32.2. The monoisotopic (exact) mass is 321 g/mol. The molecule has 3 rings (SSSR count). The van der Waals surface area contributed by atoms with Crippen molar-refractivity contribution in [1.82, 2.24) is 15.1 Å². The van der Waals surface area contributed by atoms with Crippen molar-refractivity contribution in [3.63, 3.8) is 0 Å². The third kappa shape index (κ3) is 3.14. The van der Waals surface area contributed by atoms with Gasteiger partial charge in [0.2, 0.25) is 5.91 Å². The van der Waals surface area contributed by atoms with E-state index in [1.165, 1.54) is 0 Å². The zero-order valence-corrected chi connectivity index (χ0v) is 13.3. The lowest BCUT2D eigenvalue weighted by atomic mass is 10.1. The highest BCUT2D eigenvalue weighted by molar-refractivity contribution is 7.91. The summed E-state index contributed by atoms with van der Waals surface area (Å²) in [5.41, 5.74) is 2.17. The van der Waals surface area contributed by atoms with Gasteiger partial charge in [-0.25, -0.2) is 8.42 Å². The molecule has 1 aliphatic rings. The van der Waals surface area contributed by atoms with Crippen molar-refractivity contribution in [2.75, 3.05) is 11.5 Å². The van der Waals surface area contributed by atoms with Crippen LogP contribution in [0.15, 0.2) is 24.4 Å². The Balaban J connectivity index is 1.60. The fourth-order valence-corrected chi connectivity index (χ4v) is 4.52. The van der Waals surface area contributed by atoms with Gasteiger partial charge < -0.3 is 5.32 Å². The van der Waals surface area contributed by atoms with Crippen molar-refractivity contribution >= 4 is 26.6 Å².